The molecule has 286 valence electrons. The van der Waals surface area contributed by atoms with Crippen LogP contribution in [0, 0.1) is 23.2 Å². The minimum Gasteiger partial charge on any atom is -0.456 e. The van der Waals surface area contributed by atoms with E-state index in [2.05, 4.69) is 5.32 Å². The van der Waals surface area contributed by atoms with Crippen molar-refractivity contribution in [2.75, 3.05) is 6.61 Å². The van der Waals surface area contributed by atoms with Crippen LogP contribution < -0.4 is 5.32 Å². The lowest BCUT2D eigenvalue weighted by Gasteiger charge is -2.62. The second-order valence-corrected chi connectivity index (χ2v) is 16.0. The zero-order chi connectivity index (χ0) is 38.6. The summed E-state index contributed by atoms with van der Waals surface area (Å²) in [5, 5.41) is 50.4. The summed E-state index contributed by atoms with van der Waals surface area (Å²) >= 11 is 0. The Morgan fingerprint density at radius 1 is 1.00 bits per heavy atom. The fraction of sp³-hybridized carbons (Fsp3) is 0.550. The van der Waals surface area contributed by atoms with E-state index in [0.717, 1.165) is 0 Å². The van der Waals surface area contributed by atoms with Gasteiger partial charge in [-0.2, -0.15) is 0 Å². The van der Waals surface area contributed by atoms with E-state index in [1.165, 1.54) is 6.92 Å². The summed E-state index contributed by atoms with van der Waals surface area (Å²) in [5.74, 6) is -5.09. The lowest BCUT2D eigenvalue weighted by molar-refractivity contribution is -0.269. The van der Waals surface area contributed by atoms with Gasteiger partial charge in [0.25, 0.3) is 0 Å². The van der Waals surface area contributed by atoms with Gasteiger partial charge in [0.2, 0.25) is 0 Å². The van der Waals surface area contributed by atoms with Crippen molar-refractivity contribution in [1.29, 1.82) is 0 Å². The summed E-state index contributed by atoms with van der Waals surface area (Å²) in [7, 11) is 0. The van der Waals surface area contributed by atoms with E-state index in [9.17, 15) is 39.6 Å². The van der Waals surface area contributed by atoms with Crippen molar-refractivity contribution in [3.8, 4) is 0 Å². The van der Waals surface area contributed by atoms with Crippen molar-refractivity contribution in [1.82, 2.24) is 5.32 Å². The first kappa shape index (κ1) is 38.6. The molecule has 1 saturated heterocycles. The van der Waals surface area contributed by atoms with E-state index in [1.54, 1.807) is 95.3 Å². The topological polar surface area (TPSA) is 198 Å². The van der Waals surface area contributed by atoms with Gasteiger partial charge in [0, 0.05) is 30.6 Å². The molecule has 2 unspecified atom stereocenters. The normalized spacial score (nSPS) is 34.9. The molecule has 5 N–H and O–H groups in total. The zero-order valence-electron chi connectivity index (χ0n) is 30.7. The average Bonchev–Trinajstić information content (AvgIpc) is 3.10. The summed E-state index contributed by atoms with van der Waals surface area (Å²) in [4.78, 5) is 55.0. The number of ether oxygens (including phenoxy) is 4. The Kier molecular flexibility index (Phi) is 10.4. The maximum Gasteiger partial charge on any atom is 0.408 e. The molecule has 13 heteroatoms. The molecule has 6 rings (SSSR count). The minimum atomic E-state index is -2.06. The molecule has 12 atom stereocenters. The predicted octanol–water partition coefficient (Wildman–Crippen LogP) is 3.18. The fourth-order valence-electron chi connectivity index (χ4n) is 8.75. The van der Waals surface area contributed by atoms with Crippen molar-refractivity contribution in [2.45, 2.75) is 108 Å². The van der Waals surface area contributed by atoms with E-state index >= 15 is 0 Å². The highest BCUT2D eigenvalue weighted by molar-refractivity contribution is 5.93. The number of Topliss-reactive ketones (excluding diaryl/α,β-unsaturated/α-hetero) is 1. The number of fused-ring (bicyclic) bond motifs is 5. The van der Waals surface area contributed by atoms with Gasteiger partial charge in [-0.3, -0.25) is 4.79 Å². The molecule has 2 bridgehead atoms. The third kappa shape index (κ3) is 6.89. The average molecular weight is 736 g/mol. The van der Waals surface area contributed by atoms with Gasteiger partial charge < -0.3 is 44.7 Å². The standard InChI is InChI=1S/C40H49NO12/c1-20-26(51-36(47)32(44)30(22-13-9-7-10-14-22)41-37(48)53-38(3,4)5)18-40(49)21(2)28(20)31(43)33(45)39(6)27(42)17-25-24(19-50-25)29(39)34(40)52-35(46)23-15-11-8-12-16-23/h7-16,21,24-27,29-32,34,42-44,49H,17-19H2,1-6H3,(H,41,48)/t21?,24?,25-,26+,27+,29+,30+,31-,32-,34+,39-,40+/m1/s1. The molecule has 53 heavy (non-hydrogen) atoms. The van der Waals surface area contributed by atoms with Crippen LogP contribution in [0.25, 0.3) is 0 Å². The number of alkyl carbamates (subject to hydrolysis) is 1. The van der Waals surface area contributed by atoms with Crippen molar-refractivity contribution in [2.24, 2.45) is 23.2 Å². The highest BCUT2D eigenvalue weighted by Crippen LogP contribution is 2.59. The van der Waals surface area contributed by atoms with E-state index in [4.69, 9.17) is 18.9 Å². The predicted molar refractivity (Wildman–Crippen MR) is 188 cm³/mol. The quantitative estimate of drug-likeness (QED) is 0.158. The molecule has 0 radical (unpaired) electrons. The van der Waals surface area contributed by atoms with Crippen LogP contribution in [0.4, 0.5) is 4.79 Å². The fourth-order valence-corrected chi connectivity index (χ4v) is 8.75. The van der Waals surface area contributed by atoms with Crippen LogP contribution in [0.1, 0.15) is 76.3 Å². The summed E-state index contributed by atoms with van der Waals surface area (Å²) in [6, 6.07) is 15.1. The van der Waals surface area contributed by atoms with Crippen molar-refractivity contribution >= 4 is 23.8 Å². The molecule has 3 aliphatic carbocycles. The van der Waals surface area contributed by atoms with Crippen molar-refractivity contribution in [3.05, 3.63) is 82.9 Å². The maximum absolute atomic E-state index is 14.5. The number of aliphatic hydroxyl groups excluding tert-OH is 3. The first-order valence-corrected chi connectivity index (χ1v) is 18.0. The summed E-state index contributed by atoms with van der Waals surface area (Å²) < 4.78 is 23.3. The van der Waals surface area contributed by atoms with Crippen LogP contribution in [0.5, 0.6) is 0 Å². The number of amides is 1. The molecule has 13 nitrogen and oxygen atoms in total. The molecule has 1 aliphatic heterocycles. The van der Waals surface area contributed by atoms with Crippen LogP contribution in [0.2, 0.25) is 0 Å². The first-order chi connectivity index (χ1) is 24.9. The monoisotopic (exact) mass is 735 g/mol. The zero-order valence-corrected chi connectivity index (χ0v) is 30.7. The number of carbonyl (C=O) groups excluding carboxylic acids is 4. The van der Waals surface area contributed by atoms with E-state index in [1.807, 2.05) is 0 Å². The molecule has 2 aromatic carbocycles. The third-order valence-electron chi connectivity index (χ3n) is 11.7. The number of hydrogen-bond acceptors (Lipinski definition) is 12. The number of hydrogen-bond donors (Lipinski definition) is 5. The molecular formula is C40H49NO12. The molecular weight excluding hydrogens is 686 g/mol. The number of carbonyl (C=O) groups is 4. The van der Waals surface area contributed by atoms with Gasteiger partial charge in [0.15, 0.2) is 11.9 Å². The van der Waals surface area contributed by atoms with Gasteiger partial charge in [0.05, 0.1) is 35.8 Å². The van der Waals surface area contributed by atoms with E-state index < -0.39 is 101 Å². The third-order valence-corrected chi connectivity index (χ3v) is 11.7. The minimum absolute atomic E-state index is 0.0575. The van der Waals surface area contributed by atoms with Gasteiger partial charge >= 0.3 is 18.0 Å². The molecule has 3 fully saturated rings. The molecule has 2 saturated carbocycles. The van der Waals surface area contributed by atoms with Gasteiger partial charge in [-0.15, -0.1) is 0 Å². The molecule has 2 aromatic rings. The van der Waals surface area contributed by atoms with Crippen LogP contribution in [0.15, 0.2) is 71.8 Å². The maximum atomic E-state index is 14.5. The number of rotatable bonds is 7. The summed E-state index contributed by atoms with van der Waals surface area (Å²) in [6.45, 7) is 9.87. The lowest BCUT2D eigenvalue weighted by atomic mass is 9.48. The van der Waals surface area contributed by atoms with Gasteiger partial charge in [-0.05, 0) is 63.5 Å². The van der Waals surface area contributed by atoms with Gasteiger partial charge in [-0.25, -0.2) is 14.4 Å². The van der Waals surface area contributed by atoms with Crippen LogP contribution >= 0.6 is 0 Å². The highest BCUT2D eigenvalue weighted by Gasteiger charge is 2.69. The Bertz CT molecular complexity index is 1760. The highest BCUT2D eigenvalue weighted by atomic mass is 16.6. The molecule has 1 amide bonds. The van der Waals surface area contributed by atoms with E-state index in [0.29, 0.717) is 5.56 Å². The summed E-state index contributed by atoms with van der Waals surface area (Å²) in [5.41, 5.74) is -3.73. The second kappa shape index (κ2) is 14.3. The number of nitrogens with one attached hydrogen (secondary N) is 1. The Balaban J connectivity index is 1.40. The van der Waals surface area contributed by atoms with Crippen molar-refractivity contribution < 1.29 is 58.6 Å². The lowest BCUT2D eigenvalue weighted by Crippen LogP contribution is -2.73. The largest absolute Gasteiger partial charge is 0.456 e. The number of esters is 2. The van der Waals surface area contributed by atoms with Crippen LogP contribution in [-0.2, 0) is 28.5 Å². The number of benzene rings is 2. The van der Waals surface area contributed by atoms with Gasteiger partial charge in [0.1, 0.15) is 29.5 Å². The molecule has 0 aromatic heterocycles. The Labute approximate surface area is 308 Å². The number of aliphatic hydroxyl groups is 4. The molecule has 1 heterocycles. The summed E-state index contributed by atoms with van der Waals surface area (Å²) in [6.07, 6.45) is -9.48. The Hall–Kier alpha value is -4.14. The Morgan fingerprint density at radius 2 is 1.62 bits per heavy atom. The second-order valence-electron chi connectivity index (χ2n) is 16.0. The van der Waals surface area contributed by atoms with E-state index in [-0.39, 0.29) is 36.2 Å². The van der Waals surface area contributed by atoms with Crippen molar-refractivity contribution in [3.63, 3.8) is 0 Å². The SMILES string of the molecule is CC1=C2C(C)[C@@](O)(C[C@@H]1OC(=O)[C@H](O)[C@@H](NC(=O)OC(C)(C)C)c1ccccc1)[C@@H](OC(=O)c1ccccc1)[C@@H]1C3CO[C@@H]3C[C@H](O)[C@@]1(C)C(=O)[C@@H]2O. The smallest absolute Gasteiger partial charge is 0.408 e. The Morgan fingerprint density at radius 3 is 2.21 bits per heavy atom. The van der Waals surface area contributed by atoms with Crippen LogP contribution in [-0.4, -0.2) is 98.7 Å². The first-order valence-electron chi connectivity index (χ1n) is 18.0. The number of ketones is 1. The molecule has 0 spiro atoms. The van der Waals surface area contributed by atoms with Gasteiger partial charge in [-0.1, -0.05) is 55.5 Å². The molecule has 4 aliphatic rings. The van der Waals surface area contributed by atoms with Crippen LogP contribution in [0.3, 0.4) is 0 Å².